The zero-order valence-corrected chi connectivity index (χ0v) is 30.3. The number of rotatable bonds is 3. The molecule has 0 aliphatic carbocycles. The standard InChI is InChI=1S/C12H12NO2S.C12H12NOS.2C2H6.2Y/c1-13-16(2,14)15-12-8-7-10-5-3-4-6-11(10)9-12;1-15(2,14)13-12-8-7-10-5-3-4-6-11(10)9-12;2*1-2;;/h3-7,9H,1-2H3;3-7,9H,1-2H3;2*1-2H3;;/q2*-1;;;;. The Labute approximate surface area is 274 Å². The molecule has 0 saturated carbocycles. The Hall–Kier alpha value is -0.692. The molecule has 0 aromatic heterocycles. The maximum absolute atomic E-state index is 11.7. The smallest absolute Gasteiger partial charge is 0.200 e. The molecule has 4 aromatic rings. The van der Waals surface area contributed by atoms with Crippen LogP contribution in [0.4, 0.5) is 5.69 Å². The number of hydrogen-bond donors (Lipinski definition) is 0. The van der Waals surface area contributed by atoms with E-state index in [1.54, 1.807) is 12.5 Å². The molecule has 196 valence electrons. The molecule has 5 nitrogen and oxygen atoms in total. The first-order valence-corrected chi connectivity index (χ1v) is 15.6. The number of benzene rings is 4. The average molecular weight is 691 g/mol. The van der Waals surface area contributed by atoms with Crippen molar-refractivity contribution in [3.05, 3.63) is 84.9 Å². The molecule has 1 unspecified atom stereocenters. The van der Waals surface area contributed by atoms with Crippen LogP contribution in [0, 0.1) is 12.1 Å². The van der Waals surface area contributed by atoms with Gasteiger partial charge in [-0.15, -0.1) is 51.9 Å². The third-order valence-corrected chi connectivity index (χ3v) is 6.00. The first-order valence-electron chi connectivity index (χ1n) is 11.4. The van der Waals surface area contributed by atoms with Crippen LogP contribution < -0.4 is 4.18 Å². The molecule has 0 N–H and O–H groups in total. The van der Waals surface area contributed by atoms with Crippen LogP contribution in [0.3, 0.4) is 0 Å². The van der Waals surface area contributed by atoms with Crippen molar-refractivity contribution in [2.75, 3.05) is 25.8 Å². The Morgan fingerprint density at radius 1 is 0.703 bits per heavy atom. The van der Waals surface area contributed by atoms with Gasteiger partial charge in [0.2, 0.25) is 10.0 Å². The summed E-state index contributed by atoms with van der Waals surface area (Å²) in [4.78, 5) is 0. The van der Waals surface area contributed by atoms with Crippen molar-refractivity contribution in [3.63, 3.8) is 0 Å². The third-order valence-electron chi connectivity index (χ3n) is 4.21. The predicted octanol–water partition coefficient (Wildman–Crippen LogP) is 7.71. The van der Waals surface area contributed by atoms with E-state index in [0.717, 1.165) is 21.5 Å². The molecule has 4 rings (SSSR count). The van der Waals surface area contributed by atoms with Crippen molar-refractivity contribution in [1.29, 1.82) is 0 Å². The predicted molar refractivity (Wildman–Crippen MR) is 153 cm³/mol. The SMILES string of the molecule is CC.CC.CN=S(C)(=O)Oc1[c-]cc2ccccc2c1.CS(C)(=O)=Nc1[c-]cc2ccccc2c1.[Y].[Y]. The number of hydrogen-bond acceptors (Lipinski definition) is 5. The number of fused-ring (bicyclic) bond motifs is 2. The van der Waals surface area contributed by atoms with E-state index >= 15 is 0 Å². The van der Waals surface area contributed by atoms with Gasteiger partial charge in [-0.1, -0.05) is 64.1 Å². The molecule has 0 fully saturated rings. The Bertz CT molecular complexity index is 1470. The van der Waals surface area contributed by atoms with Crippen LogP contribution in [0.2, 0.25) is 0 Å². The van der Waals surface area contributed by atoms with Crippen LogP contribution in [-0.2, 0) is 85.2 Å². The van der Waals surface area contributed by atoms with Gasteiger partial charge in [0, 0.05) is 100 Å². The molecule has 0 spiro atoms. The Balaban J connectivity index is 0. The van der Waals surface area contributed by atoms with Crippen LogP contribution in [0.15, 0.2) is 81.5 Å². The molecular weight excluding hydrogens is 654 g/mol. The maximum atomic E-state index is 11.7. The van der Waals surface area contributed by atoms with E-state index in [1.807, 2.05) is 100 Å². The van der Waals surface area contributed by atoms with Gasteiger partial charge in [-0.05, 0) is 5.69 Å². The minimum Gasteiger partial charge on any atom is -0.423 e. The Morgan fingerprint density at radius 2 is 1.14 bits per heavy atom. The van der Waals surface area contributed by atoms with Gasteiger partial charge in [-0.2, -0.15) is 18.2 Å². The van der Waals surface area contributed by atoms with Crippen LogP contribution in [0.1, 0.15) is 27.7 Å². The van der Waals surface area contributed by atoms with Crippen molar-refractivity contribution < 1.29 is 78.0 Å². The van der Waals surface area contributed by atoms with E-state index in [1.165, 1.54) is 13.3 Å². The van der Waals surface area contributed by atoms with Gasteiger partial charge in [0.1, 0.15) is 0 Å². The van der Waals surface area contributed by atoms with Crippen LogP contribution in [-0.4, -0.2) is 34.2 Å². The summed E-state index contributed by atoms with van der Waals surface area (Å²) in [6, 6.07) is 29.2. The molecule has 0 saturated heterocycles. The average Bonchev–Trinajstić information content (AvgIpc) is 2.85. The first kappa shape index (κ1) is 38.5. The van der Waals surface area contributed by atoms with Crippen molar-refractivity contribution in [2.24, 2.45) is 8.73 Å². The minimum absolute atomic E-state index is 0. The molecule has 0 aliphatic rings. The topological polar surface area (TPSA) is 68.1 Å². The van der Waals surface area contributed by atoms with Crippen molar-refractivity contribution >= 4 is 47.0 Å². The fourth-order valence-electron chi connectivity index (χ4n) is 2.76. The van der Waals surface area contributed by atoms with Crippen LogP contribution in [0.5, 0.6) is 5.75 Å². The van der Waals surface area contributed by atoms with E-state index in [2.05, 4.69) is 20.9 Å². The molecular formula is C28H36N2O3S2Y2-2. The van der Waals surface area contributed by atoms with Crippen molar-refractivity contribution in [2.45, 2.75) is 27.7 Å². The Morgan fingerprint density at radius 3 is 1.59 bits per heavy atom. The summed E-state index contributed by atoms with van der Waals surface area (Å²) in [5.41, 5.74) is 0.656. The fourth-order valence-corrected chi connectivity index (χ4v) is 3.84. The zero-order valence-electron chi connectivity index (χ0n) is 23.0. The van der Waals surface area contributed by atoms with Gasteiger partial charge >= 0.3 is 0 Å². The van der Waals surface area contributed by atoms with Gasteiger partial charge in [0.05, 0.1) is 6.26 Å². The van der Waals surface area contributed by atoms with Gasteiger partial charge < -0.3 is 4.18 Å². The monoisotopic (exact) mass is 690 g/mol. The summed E-state index contributed by atoms with van der Waals surface area (Å²) in [5.74, 6) is 0.455. The molecule has 0 amide bonds. The molecule has 0 heterocycles. The summed E-state index contributed by atoms with van der Waals surface area (Å²) < 4.78 is 36.2. The quantitative estimate of drug-likeness (QED) is 0.207. The molecule has 0 bridgehead atoms. The van der Waals surface area contributed by atoms with Gasteiger partial charge in [0.25, 0.3) is 0 Å². The van der Waals surface area contributed by atoms with Crippen LogP contribution in [0.25, 0.3) is 21.5 Å². The molecule has 1 atom stereocenters. The van der Waals surface area contributed by atoms with Crippen LogP contribution >= 0.6 is 0 Å². The molecule has 2 radical (unpaired) electrons. The van der Waals surface area contributed by atoms with Gasteiger partial charge in [-0.3, -0.25) is 4.21 Å². The van der Waals surface area contributed by atoms with E-state index in [4.69, 9.17) is 4.18 Å². The normalized spacial score (nSPS) is 11.2. The summed E-state index contributed by atoms with van der Waals surface area (Å²) in [6.45, 7) is 8.00. The molecule has 0 aliphatic heterocycles. The van der Waals surface area contributed by atoms with Crippen molar-refractivity contribution in [1.82, 2.24) is 0 Å². The second kappa shape index (κ2) is 19.4. The van der Waals surface area contributed by atoms with Gasteiger partial charge in [0.15, 0.2) is 0 Å². The van der Waals surface area contributed by atoms with E-state index in [9.17, 15) is 8.42 Å². The van der Waals surface area contributed by atoms with E-state index < -0.39 is 19.7 Å². The van der Waals surface area contributed by atoms with Gasteiger partial charge in [-0.25, -0.2) is 12.9 Å². The fraction of sp³-hybridized carbons (Fsp3) is 0.286. The second-order valence-electron chi connectivity index (χ2n) is 7.14. The van der Waals surface area contributed by atoms with E-state index in [0.29, 0.717) is 11.4 Å². The second-order valence-corrected chi connectivity index (χ2v) is 11.7. The summed E-state index contributed by atoms with van der Waals surface area (Å²) in [7, 11) is -3.22. The minimum atomic E-state index is -2.60. The molecule has 4 aromatic carbocycles. The van der Waals surface area contributed by atoms with Crippen molar-refractivity contribution in [3.8, 4) is 5.75 Å². The summed E-state index contributed by atoms with van der Waals surface area (Å²) >= 11 is 0. The van der Waals surface area contributed by atoms with E-state index in [-0.39, 0.29) is 65.4 Å². The first-order chi connectivity index (χ1) is 16.6. The zero-order chi connectivity index (χ0) is 26.5. The Kier molecular flexibility index (Phi) is 20.1. The third kappa shape index (κ3) is 14.3. The number of nitrogens with zero attached hydrogens (tertiary/aromatic N) is 2. The molecule has 9 heteroatoms. The molecule has 37 heavy (non-hydrogen) atoms. The maximum Gasteiger partial charge on any atom is 0.200 e. The largest absolute Gasteiger partial charge is 0.423 e. The summed E-state index contributed by atoms with van der Waals surface area (Å²) in [5, 5.41) is 4.32. The summed E-state index contributed by atoms with van der Waals surface area (Å²) in [6.07, 6.45) is 4.70.